The Bertz CT molecular complexity index is 128. The quantitative estimate of drug-likeness (QED) is 0.591. The molecule has 0 bridgehead atoms. The van der Waals surface area contributed by atoms with Crippen LogP contribution in [0.2, 0.25) is 0 Å². The van der Waals surface area contributed by atoms with Gasteiger partial charge in [-0.05, 0) is 25.7 Å². The van der Waals surface area contributed by atoms with Crippen molar-refractivity contribution < 1.29 is 9.90 Å². The van der Waals surface area contributed by atoms with Gasteiger partial charge in [0.2, 0.25) is 0 Å². The average molecular weight is 142 g/mol. The Kier molecular flexibility index (Phi) is 2.27. The van der Waals surface area contributed by atoms with Crippen molar-refractivity contribution in [3.8, 4) is 0 Å². The summed E-state index contributed by atoms with van der Waals surface area (Å²) in [6, 6.07) is -0.00407. The molecule has 0 aliphatic heterocycles. The third kappa shape index (κ3) is 1.70. The van der Waals surface area contributed by atoms with E-state index in [4.69, 9.17) is 10.8 Å². The van der Waals surface area contributed by atoms with Gasteiger partial charge in [0.05, 0.1) is 5.92 Å². The molecule has 10 heavy (non-hydrogen) atoms. The van der Waals surface area contributed by atoms with Crippen LogP contribution in [0.25, 0.3) is 0 Å². The van der Waals surface area contributed by atoms with Crippen molar-refractivity contribution in [2.45, 2.75) is 31.7 Å². The second-order valence-corrected chi connectivity index (χ2v) is 2.89. The highest BCUT2D eigenvalue weighted by molar-refractivity contribution is 5.70. The van der Waals surface area contributed by atoms with Gasteiger partial charge in [0.15, 0.2) is 0 Å². The summed E-state index contributed by atoms with van der Waals surface area (Å²) in [7, 11) is 0. The standard InChI is InChI=1S/C7H12NO2/c8-6-3-1-5(2-4-6)7(9)10/h5-6,8H,1-4H2,(H,9,10). The maximum absolute atomic E-state index is 10.4. The maximum atomic E-state index is 10.4. The summed E-state index contributed by atoms with van der Waals surface area (Å²) in [6.45, 7) is 0. The first-order valence-electron chi connectivity index (χ1n) is 3.64. The summed E-state index contributed by atoms with van der Waals surface area (Å²) in [5, 5.41) is 8.56. The topological polar surface area (TPSA) is 61.1 Å². The highest BCUT2D eigenvalue weighted by Gasteiger charge is 2.23. The zero-order chi connectivity index (χ0) is 7.56. The van der Waals surface area contributed by atoms with Gasteiger partial charge in [0.25, 0.3) is 0 Å². The van der Waals surface area contributed by atoms with Crippen LogP contribution in [0.15, 0.2) is 0 Å². The van der Waals surface area contributed by atoms with E-state index in [-0.39, 0.29) is 12.0 Å². The molecule has 3 heteroatoms. The summed E-state index contributed by atoms with van der Waals surface area (Å²) in [4.78, 5) is 10.4. The normalized spacial score (nSPS) is 33.7. The molecule has 0 aromatic rings. The molecule has 1 rings (SSSR count). The second kappa shape index (κ2) is 3.01. The second-order valence-electron chi connectivity index (χ2n) is 2.89. The van der Waals surface area contributed by atoms with Gasteiger partial charge in [-0.15, -0.1) is 0 Å². The first-order chi connectivity index (χ1) is 4.70. The van der Waals surface area contributed by atoms with Crippen LogP contribution in [0.4, 0.5) is 0 Å². The van der Waals surface area contributed by atoms with E-state index in [2.05, 4.69) is 0 Å². The lowest BCUT2D eigenvalue weighted by Gasteiger charge is -2.21. The van der Waals surface area contributed by atoms with Crippen molar-refractivity contribution in [3.63, 3.8) is 0 Å². The molecule has 0 unspecified atom stereocenters. The fourth-order valence-electron chi connectivity index (χ4n) is 1.34. The molecule has 2 N–H and O–H groups in total. The van der Waals surface area contributed by atoms with Gasteiger partial charge in [-0.3, -0.25) is 10.5 Å². The van der Waals surface area contributed by atoms with Crippen molar-refractivity contribution >= 4 is 5.97 Å². The number of carbonyl (C=O) groups is 1. The molecule has 0 saturated heterocycles. The minimum atomic E-state index is -0.688. The summed E-state index contributed by atoms with van der Waals surface area (Å²) in [5.41, 5.74) is 7.31. The fourth-order valence-corrected chi connectivity index (χ4v) is 1.34. The first-order valence-corrected chi connectivity index (χ1v) is 3.64. The van der Waals surface area contributed by atoms with E-state index in [0.29, 0.717) is 12.8 Å². The van der Waals surface area contributed by atoms with Gasteiger partial charge >= 0.3 is 5.97 Å². The van der Waals surface area contributed by atoms with Crippen molar-refractivity contribution in [1.29, 1.82) is 0 Å². The van der Waals surface area contributed by atoms with Crippen molar-refractivity contribution in [2.75, 3.05) is 0 Å². The minimum Gasteiger partial charge on any atom is -0.481 e. The molecule has 0 aromatic heterocycles. The average Bonchev–Trinajstić information content (AvgIpc) is 1.88. The molecule has 0 heterocycles. The predicted molar refractivity (Wildman–Crippen MR) is 36.5 cm³/mol. The Morgan fingerprint density at radius 1 is 1.30 bits per heavy atom. The third-order valence-electron chi connectivity index (χ3n) is 2.08. The molecule has 1 saturated carbocycles. The van der Waals surface area contributed by atoms with Crippen LogP contribution in [0.1, 0.15) is 25.7 Å². The Balaban J connectivity index is 2.33. The van der Waals surface area contributed by atoms with Crippen LogP contribution in [0.3, 0.4) is 0 Å². The van der Waals surface area contributed by atoms with Crippen LogP contribution >= 0.6 is 0 Å². The Morgan fingerprint density at radius 2 is 1.80 bits per heavy atom. The van der Waals surface area contributed by atoms with Gasteiger partial charge in [0, 0.05) is 6.04 Å². The SMILES string of the molecule is [NH]C1CCC(C(=O)O)CC1. The number of hydrogen-bond donors (Lipinski definition) is 1. The summed E-state index contributed by atoms with van der Waals surface area (Å²) < 4.78 is 0. The van der Waals surface area contributed by atoms with Crippen molar-refractivity contribution in [3.05, 3.63) is 0 Å². The monoisotopic (exact) mass is 142 g/mol. The number of hydrogen-bond acceptors (Lipinski definition) is 1. The van der Waals surface area contributed by atoms with Gasteiger partial charge in [0.1, 0.15) is 0 Å². The molecular formula is C7H12NO2. The van der Waals surface area contributed by atoms with Gasteiger partial charge < -0.3 is 5.11 Å². The van der Waals surface area contributed by atoms with E-state index >= 15 is 0 Å². The molecule has 0 aromatic carbocycles. The number of aliphatic carboxylic acids is 1. The highest BCUT2D eigenvalue weighted by Crippen LogP contribution is 2.23. The number of nitrogens with one attached hydrogen (secondary N) is 1. The van der Waals surface area contributed by atoms with Crippen LogP contribution in [-0.2, 0) is 4.79 Å². The van der Waals surface area contributed by atoms with E-state index in [1.165, 1.54) is 0 Å². The lowest BCUT2D eigenvalue weighted by molar-refractivity contribution is -0.142. The summed E-state index contributed by atoms with van der Waals surface area (Å²) in [5.74, 6) is -0.853. The molecule has 0 amide bonds. The van der Waals surface area contributed by atoms with E-state index in [0.717, 1.165) is 12.8 Å². The first kappa shape index (κ1) is 7.54. The zero-order valence-corrected chi connectivity index (χ0v) is 5.84. The van der Waals surface area contributed by atoms with Crippen LogP contribution in [0.5, 0.6) is 0 Å². The van der Waals surface area contributed by atoms with E-state index in [1.54, 1.807) is 0 Å². The van der Waals surface area contributed by atoms with Crippen LogP contribution in [0, 0.1) is 5.92 Å². The van der Waals surface area contributed by atoms with Crippen molar-refractivity contribution in [2.24, 2.45) is 5.92 Å². The minimum absolute atomic E-state index is 0.00407. The largest absolute Gasteiger partial charge is 0.481 e. The molecule has 1 fully saturated rings. The van der Waals surface area contributed by atoms with Crippen LogP contribution < -0.4 is 5.73 Å². The molecule has 3 nitrogen and oxygen atoms in total. The molecule has 1 aliphatic rings. The lowest BCUT2D eigenvalue weighted by Crippen LogP contribution is -2.24. The maximum Gasteiger partial charge on any atom is 0.306 e. The number of rotatable bonds is 1. The van der Waals surface area contributed by atoms with E-state index in [9.17, 15) is 4.79 Å². The van der Waals surface area contributed by atoms with Crippen molar-refractivity contribution in [1.82, 2.24) is 5.73 Å². The molecule has 1 radical (unpaired) electrons. The van der Waals surface area contributed by atoms with E-state index < -0.39 is 5.97 Å². The smallest absolute Gasteiger partial charge is 0.306 e. The van der Waals surface area contributed by atoms with Gasteiger partial charge in [-0.2, -0.15) is 0 Å². The molecular weight excluding hydrogens is 130 g/mol. The zero-order valence-electron chi connectivity index (χ0n) is 5.84. The Labute approximate surface area is 60.2 Å². The third-order valence-corrected chi connectivity index (χ3v) is 2.08. The van der Waals surface area contributed by atoms with Gasteiger partial charge in [-0.25, -0.2) is 0 Å². The van der Waals surface area contributed by atoms with Crippen LogP contribution in [-0.4, -0.2) is 17.1 Å². The molecule has 0 atom stereocenters. The van der Waals surface area contributed by atoms with E-state index in [1.807, 2.05) is 0 Å². The Morgan fingerprint density at radius 3 is 2.20 bits per heavy atom. The summed E-state index contributed by atoms with van der Waals surface area (Å²) >= 11 is 0. The number of carboxylic acid groups (broad SMARTS) is 1. The Hall–Kier alpha value is -0.570. The number of carboxylic acids is 1. The predicted octanol–water partition coefficient (Wildman–Crippen LogP) is 0.913. The molecule has 1 aliphatic carbocycles. The van der Waals surface area contributed by atoms with Gasteiger partial charge in [-0.1, -0.05) is 0 Å². The summed E-state index contributed by atoms with van der Waals surface area (Å²) in [6.07, 6.45) is 2.92. The lowest BCUT2D eigenvalue weighted by atomic mass is 9.87. The molecule has 57 valence electrons. The fraction of sp³-hybridized carbons (Fsp3) is 0.857. The molecule has 0 spiro atoms. The highest BCUT2D eigenvalue weighted by atomic mass is 16.4.